The Hall–Kier alpha value is -0.380. The molecule has 1 aliphatic rings. The zero-order valence-electron chi connectivity index (χ0n) is 12.7. The van der Waals surface area contributed by atoms with Crippen LogP contribution in [-0.2, 0) is 6.42 Å². The Balaban J connectivity index is 2.19. The number of halogens is 1. The average Bonchev–Trinajstić information content (AvgIpc) is 2.93. The molecule has 0 amide bonds. The van der Waals surface area contributed by atoms with Crippen LogP contribution in [0.25, 0.3) is 0 Å². The molecular weight excluding hydrogens is 312 g/mol. The maximum absolute atomic E-state index is 6.70. The predicted molar refractivity (Wildman–Crippen MR) is 89.9 cm³/mol. The second kappa shape index (κ2) is 7.06. The molecule has 2 N–H and O–H groups in total. The highest BCUT2D eigenvalue weighted by Gasteiger charge is 2.43. The molecule has 0 saturated heterocycles. The van der Waals surface area contributed by atoms with Crippen LogP contribution < -0.4 is 5.73 Å². The van der Waals surface area contributed by atoms with E-state index in [4.69, 9.17) is 5.73 Å². The van der Waals surface area contributed by atoms with Crippen molar-refractivity contribution in [2.75, 3.05) is 13.1 Å². The molecule has 0 aliphatic heterocycles. The second-order valence-electron chi connectivity index (χ2n) is 5.88. The van der Waals surface area contributed by atoms with E-state index in [1.165, 1.54) is 35.7 Å². The standard InChI is InChI=1S/C17H27BrN2/c1-3-20(4-2)17(11-7-8-12-17)16(19)13-14-9-5-6-10-15(14)18/h5-6,9-10,16H,3-4,7-8,11-13,19H2,1-2H3. The summed E-state index contributed by atoms with van der Waals surface area (Å²) in [5.41, 5.74) is 8.24. The van der Waals surface area contributed by atoms with Crippen molar-refractivity contribution in [2.24, 2.45) is 5.73 Å². The van der Waals surface area contributed by atoms with Gasteiger partial charge in [0.05, 0.1) is 0 Å². The summed E-state index contributed by atoms with van der Waals surface area (Å²) in [5, 5.41) is 0. The Morgan fingerprint density at radius 3 is 2.35 bits per heavy atom. The first kappa shape index (κ1) is 16.0. The summed E-state index contributed by atoms with van der Waals surface area (Å²) in [6, 6.07) is 8.68. The SMILES string of the molecule is CCN(CC)C1(C(N)Cc2ccccc2Br)CCCC1. The van der Waals surface area contributed by atoms with Crippen molar-refractivity contribution in [1.29, 1.82) is 0 Å². The molecule has 20 heavy (non-hydrogen) atoms. The van der Waals surface area contributed by atoms with Gasteiger partial charge in [-0.25, -0.2) is 0 Å². The Bertz CT molecular complexity index is 423. The van der Waals surface area contributed by atoms with E-state index in [0.717, 1.165) is 19.5 Å². The van der Waals surface area contributed by atoms with Gasteiger partial charge in [0.1, 0.15) is 0 Å². The molecule has 0 bridgehead atoms. The normalized spacial score (nSPS) is 19.4. The van der Waals surface area contributed by atoms with E-state index in [9.17, 15) is 0 Å². The van der Waals surface area contributed by atoms with E-state index in [2.05, 4.69) is 58.9 Å². The lowest BCUT2D eigenvalue weighted by atomic mass is 9.83. The molecule has 2 nitrogen and oxygen atoms in total. The van der Waals surface area contributed by atoms with Gasteiger partial charge in [0.25, 0.3) is 0 Å². The topological polar surface area (TPSA) is 29.3 Å². The number of hydrogen-bond donors (Lipinski definition) is 1. The van der Waals surface area contributed by atoms with E-state index in [1.807, 2.05) is 0 Å². The smallest absolute Gasteiger partial charge is 0.0363 e. The molecule has 0 radical (unpaired) electrons. The highest BCUT2D eigenvalue weighted by molar-refractivity contribution is 9.10. The second-order valence-corrected chi connectivity index (χ2v) is 6.74. The minimum atomic E-state index is 0.207. The van der Waals surface area contributed by atoms with Gasteiger partial charge in [-0.15, -0.1) is 0 Å². The fourth-order valence-electron chi connectivity index (χ4n) is 3.85. The van der Waals surface area contributed by atoms with Gasteiger partial charge in [0.2, 0.25) is 0 Å². The van der Waals surface area contributed by atoms with Gasteiger partial charge in [0.15, 0.2) is 0 Å². The number of nitrogens with zero attached hydrogens (tertiary/aromatic N) is 1. The molecule has 0 heterocycles. The van der Waals surface area contributed by atoms with Gasteiger partial charge in [0, 0.05) is 16.1 Å². The van der Waals surface area contributed by atoms with Crippen LogP contribution in [0.3, 0.4) is 0 Å². The summed E-state index contributed by atoms with van der Waals surface area (Å²) in [6.07, 6.45) is 6.10. The van der Waals surface area contributed by atoms with Crippen LogP contribution in [0.15, 0.2) is 28.7 Å². The molecule has 1 aromatic carbocycles. The Kier molecular flexibility index (Phi) is 5.65. The lowest BCUT2D eigenvalue weighted by Crippen LogP contribution is -2.59. The maximum atomic E-state index is 6.70. The van der Waals surface area contributed by atoms with Gasteiger partial charge in [-0.1, -0.05) is 60.8 Å². The third-order valence-corrected chi connectivity index (χ3v) is 5.72. The van der Waals surface area contributed by atoms with Crippen LogP contribution in [0.2, 0.25) is 0 Å². The van der Waals surface area contributed by atoms with Crippen molar-refractivity contribution in [2.45, 2.75) is 57.5 Å². The van der Waals surface area contributed by atoms with Crippen LogP contribution in [0, 0.1) is 0 Å². The number of rotatable bonds is 6. The van der Waals surface area contributed by atoms with Crippen molar-refractivity contribution in [1.82, 2.24) is 4.90 Å². The Morgan fingerprint density at radius 2 is 1.80 bits per heavy atom. The molecule has 112 valence electrons. The number of benzene rings is 1. The van der Waals surface area contributed by atoms with Crippen molar-refractivity contribution < 1.29 is 0 Å². The fourth-order valence-corrected chi connectivity index (χ4v) is 4.30. The van der Waals surface area contributed by atoms with E-state index >= 15 is 0 Å². The number of nitrogens with two attached hydrogens (primary N) is 1. The van der Waals surface area contributed by atoms with E-state index in [0.29, 0.717) is 0 Å². The summed E-state index contributed by atoms with van der Waals surface area (Å²) in [7, 11) is 0. The minimum Gasteiger partial charge on any atom is -0.326 e. The van der Waals surface area contributed by atoms with E-state index in [1.54, 1.807) is 0 Å². The molecule has 1 atom stereocenters. The van der Waals surface area contributed by atoms with Gasteiger partial charge < -0.3 is 5.73 Å². The van der Waals surface area contributed by atoms with E-state index in [-0.39, 0.29) is 11.6 Å². The highest BCUT2D eigenvalue weighted by Crippen LogP contribution is 2.38. The molecule has 0 aromatic heterocycles. The minimum absolute atomic E-state index is 0.207. The van der Waals surface area contributed by atoms with Crippen LogP contribution in [-0.4, -0.2) is 29.6 Å². The number of hydrogen-bond acceptors (Lipinski definition) is 2. The van der Waals surface area contributed by atoms with Crippen molar-refractivity contribution in [3.8, 4) is 0 Å². The predicted octanol–water partition coefficient (Wildman–Crippen LogP) is 3.97. The molecule has 3 heteroatoms. The van der Waals surface area contributed by atoms with Crippen LogP contribution in [0.5, 0.6) is 0 Å². The van der Waals surface area contributed by atoms with Crippen LogP contribution in [0.1, 0.15) is 45.1 Å². The van der Waals surface area contributed by atoms with Crippen LogP contribution in [0.4, 0.5) is 0 Å². The quantitative estimate of drug-likeness (QED) is 0.850. The molecule has 0 spiro atoms. The molecule has 1 saturated carbocycles. The van der Waals surface area contributed by atoms with Crippen molar-refractivity contribution >= 4 is 15.9 Å². The fraction of sp³-hybridized carbons (Fsp3) is 0.647. The highest BCUT2D eigenvalue weighted by atomic mass is 79.9. The van der Waals surface area contributed by atoms with Gasteiger partial charge in [-0.2, -0.15) is 0 Å². The summed E-state index contributed by atoms with van der Waals surface area (Å²) in [4.78, 5) is 2.60. The summed E-state index contributed by atoms with van der Waals surface area (Å²) in [6.45, 7) is 6.71. The average molecular weight is 339 g/mol. The molecule has 1 aliphatic carbocycles. The molecule has 1 fully saturated rings. The Labute approximate surface area is 131 Å². The molecule has 1 unspecified atom stereocenters. The molecule has 1 aromatic rings. The first-order chi connectivity index (χ1) is 9.64. The van der Waals surface area contributed by atoms with Gasteiger partial charge in [-0.05, 0) is 44.0 Å². The van der Waals surface area contributed by atoms with Gasteiger partial charge >= 0.3 is 0 Å². The molecule has 2 rings (SSSR count). The van der Waals surface area contributed by atoms with Gasteiger partial charge in [-0.3, -0.25) is 4.90 Å². The van der Waals surface area contributed by atoms with Crippen LogP contribution >= 0.6 is 15.9 Å². The zero-order valence-corrected chi connectivity index (χ0v) is 14.3. The largest absolute Gasteiger partial charge is 0.326 e. The number of likely N-dealkylation sites (N-methyl/N-ethyl adjacent to an activating group) is 1. The zero-order chi connectivity index (χ0) is 14.6. The lowest BCUT2D eigenvalue weighted by molar-refractivity contribution is 0.0771. The third kappa shape index (κ3) is 3.10. The summed E-state index contributed by atoms with van der Waals surface area (Å²) < 4.78 is 1.18. The van der Waals surface area contributed by atoms with Crippen molar-refractivity contribution in [3.63, 3.8) is 0 Å². The molecular formula is C17H27BrN2. The maximum Gasteiger partial charge on any atom is 0.0363 e. The monoisotopic (exact) mass is 338 g/mol. The van der Waals surface area contributed by atoms with Crippen molar-refractivity contribution in [3.05, 3.63) is 34.3 Å². The summed E-state index contributed by atoms with van der Waals surface area (Å²) in [5.74, 6) is 0. The third-order valence-electron chi connectivity index (χ3n) is 4.95. The lowest BCUT2D eigenvalue weighted by Gasteiger charge is -2.45. The van der Waals surface area contributed by atoms with E-state index < -0.39 is 0 Å². The first-order valence-corrected chi connectivity index (χ1v) is 8.67. The Morgan fingerprint density at radius 1 is 1.20 bits per heavy atom. The summed E-state index contributed by atoms with van der Waals surface area (Å²) >= 11 is 3.65. The first-order valence-electron chi connectivity index (χ1n) is 7.88.